The molecule has 2 heterocycles. The largest absolute Gasteiger partial charge is 0.465 e. The summed E-state index contributed by atoms with van der Waals surface area (Å²) in [4.78, 5) is 24.8. The van der Waals surface area contributed by atoms with E-state index in [2.05, 4.69) is 11.4 Å². The predicted octanol–water partition coefficient (Wildman–Crippen LogP) is 3.29. The fourth-order valence-corrected chi connectivity index (χ4v) is 3.91. The first kappa shape index (κ1) is 17.0. The number of fused-ring (bicyclic) bond motifs is 1. The summed E-state index contributed by atoms with van der Waals surface area (Å²) in [6.07, 6.45) is 8.12. The highest BCUT2D eigenvalue weighted by Gasteiger charge is 2.21. The summed E-state index contributed by atoms with van der Waals surface area (Å²) in [5.74, 6) is -0.586. The van der Waals surface area contributed by atoms with E-state index in [1.54, 1.807) is 12.1 Å². The molecular formula is C18H16N2O4S. The van der Waals surface area contributed by atoms with Gasteiger partial charge in [-0.15, -0.1) is 11.3 Å². The molecule has 0 aromatic carbocycles. The maximum absolute atomic E-state index is 12.0. The van der Waals surface area contributed by atoms with Gasteiger partial charge in [-0.3, -0.25) is 4.79 Å². The van der Waals surface area contributed by atoms with Gasteiger partial charge in [0.25, 0.3) is 5.91 Å². The summed E-state index contributed by atoms with van der Waals surface area (Å²) < 4.78 is 9.94. The molecule has 0 saturated carbocycles. The van der Waals surface area contributed by atoms with Gasteiger partial charge in [0.05, 0.1) is 11.8 Å². The van der Waals surface area contributed by atoms with Crippen LogP contribution in [-0.2, 0) is 27.2 Å². The zero-order chi connectivity index (χ0) is 17.6. The Morgan fingerprint density at radius 3 is 3.00 bits per heavy atom. The standard InChI is InChI=1S/C18H16N2O4S/c19-10-14-13-5-1-2-6-15(13)25-18(14)20-16(21)11-24-17(22)8-7-12-4-3-9-23-12/h3-4,7-9H,1-2,5-6,11H2,(H,20,21)/b8-7+. The molecule has 7 heteroatoms. The number of nitrogens with one attached hydrogen (secondary N) is 1. The van der Waals surface area contributed by atoms with Crippen LogP contribution in [0.2, 0.25) is 0 Å². The third-order valence-electron chi connectivity index (χ3n) is 3.81. The van der Waals surface area contributed by atoms with Gasteiger partial charge >= 0.3 is 5.97 Å². The lowest BCUT2D eigenvalue weighted by Gasteiger charge is -2.09. The molecule has 2 aromatic heterocycles. The van der Waals surface area contributed by atoms with Crippen molar-refractivity contribution in [3.05, 3.63) is 46.2 Å². The molecule has 0 unspecified atom stereocenters. The number of hydrogen-bond donors (Lipinski definition) is 1. The molecule has 1 amide bonds. The van der Waals surface area contributed by atoms with Gasteiger partial charge in [0.1, 0.15) is 16.8 Å². The fourth-order valence-electron chi connectivity index (χ4n) is 2.66. The monoisotopic (exact) mass is 356 g/mol. The van der Waals surface area contributed by atoms with Crippen molar-refractivity contribution in [2.45, 2.75) is 25.7 Å². The first-order chi connectivity index (χ1) is 12.2. The Labute approximate surface area is 148 Å². The number of furan rings is 1. The summed E-state index contributed by atoms with van der Waals surface area (Å²) in [5, 5.41) is 12.6. The maximum atomic E-state index is 12.0. The molecule has 0 radical (unpaired) electrons. The van der Waals surface area contributed by atoms with E-state index in [1.165, 1.54) is 29.8 Å². The molecule has 25 heavy (non-hydrogen) atoms. The first-order valence-electron chi connectivity index (χ1n) is 7.90. The average Bonchev–Trinajstić information content (AvgIpc) is 3.25. The Bertz CT molecular complexity index is 843. The van der Waals surface area contributed by atoms with Crippen LogP contribution in [0.4, 0.5) is 5.00 Å². The number of ether oxygens (including phenoxy) is 1. The SMILES string of the molecule is N#Cc1c(NC(=O)COC(=O)/C=C/c2ccco2)sc2c1CCCC2. The van der Waals surface area contributed by atoms with Gasteiger partial charge in [0.2, 0.25) is 0 Å². The zero-order valence-electron chi connectivity index (χ0n) is 13.4. The Kier molecular flexibility index (Phi) is 5.31. The molecule has 0 saturated heterocycles. The Hall–Kier alpha value is -2.85. The highest BCUT2D eigenvalue weighted by molar-refractivity contribution is 7.16. The number of esters is 1. The first-order valence-corrected chi connectivity index (χ1v) is 8.72. The Balaban J connectivity index is 1.55. The second-order valence-corrected chi connectivity index (χ2v) is 6.64. The van der Waals surface area contributed by atoms with Gasteiger partial charge in [-0.2, -0.15) is 5.26 Å². The number of carbonyl (C=O) groups excluding carboxylic acids is 2. The van der Waals surface area contributed by atoms with Crippen LogP contribution in [0.3, 0.4) is 0 Å². The average molecular weight is 356 g/mol. The normalized spacial score (nSPS) is 13.2. The fraction of sp³-hybridized carbons (Fsp3) is 0.278. The highest BCUT2D eigenvalue weighted by Crippen LogP contribution is 2.37. The van der Waals surface area contributed by atoms with Crippen molar-refractivity contribution in [1.29, 1.82) is 5.26 Å². The molecule has 1 aliphatic rings. The lowest BCUT2D eigenvalue weighted by Crippen LogP contribution is -2.20. The molecule has 0 atom stereocenters. The van der Waals surface area contributed by atoms with E-state index in [0.29, 0.717) is 16.3 Å². The van der Waals surface area contributed by atoms with Crippen molar-refractivity contribution in [1.82, 2.24) is 0 Å². The highest BCUT2D eigenvalue weighted by atomic mass is 32.1. The minimum Gasteiger partial charge on any atom is -0.465 e. The van der Waals surface area contributed by atoms with Crippen molar-refractivity contribution in [3.8, 4) is 6.07 Å². The topological polar surface area (TPSA) is 92.3 Å². The number of nitrogens with zero attached hydrogens (tertiary/aromatic N) is 1. The van der Waals surface area contributed by atoms with Crippen LogP contribution in [0.1, 0.15) is 34.6 Å². The molecule has 2 aromatic rings. The summed E-state index contributed by atoms with van der Waals surface area (Å²) in [6.45, 7) is -0.408. The van der Waals surface area contributed by atoms with Gasteiger partial charge in [0.15, 0.2) is 6.61 Å². The molecular weight excluding hydrogens is 340 g/mol. The molecule has 128 valence electrons. The summed E-state index contributed by atoms with van der Waals surface area (Å²) >= 11 is 1.44. The van der Waals surface area contributed by atoms with Gasteiger partial charge in [0, 0.05) is 11.0 Å². The molecule has 0 spiro atoms. The number of aryl methyl sites for hydroxylation is 1. The van der Waals surface area contributed by atoms with E-state index in [9.17, 15) is 14.9 Å². The van der Waals surface area contributed by atoms with E-state index >= 15 is 0 Å². The van der Waals surface area contributed by atoms with Crippen molar-refractivity contribution < 1.29 is 18.7 Å². The number of carbonyl (C=O) groups is 2. The molecule has 0 bridgehead atoms. The van der Waals surface area contributed by atoms with Crippen LogP contribution in [-0.4, -0.2) is 18.5 Å². The predicted molar refractivity (Wildman–Crippen MR) is 93.0 cm³/mol. The number of amides is 1. The molecule has 0 aliphatic heterocycles. The lowest BCUT2D eigenvalue weighted by molar-refractivity contribution is -0.142. The third-order valence-corrected chi connectivity index (χ3v) is 5.02. The van der Waals surface area contributed by atoms with E-state index in [1.807, 2.05) is 0 Å². The van der Waals surface area contributed by atoms with Crippen molar-refractivity contribution in [3.63, 3.8) is 0 Å². The van der Waals surface area contributed by atoms with Gasteiger partial charge in [-0.1, -0.05) is 0 Å². The van der Waals surface area contributed by atoms with E-state index < -0.39 is 18.5 Å². The molecule has 0 fully saturated rings. The molecule has 1 aliphatic carbocycles. The minimum atomic E-state index is -0.641. The number of anilines is 1. The van der Waals surface area contributed by atoms with Crippen LogP contribution in [0.15, 0.2) is 28.9 Å². The van der Waals surface area contributed by atoms with Crippen LogP contribution in [0, 0.1) is 11.3 Å². The van der Waals surface area contributed by atoms with Gasteiger partial charge in [-0.05, 0) is 49.5 Å². The van der Waals surface area contributed by atoms with Crippen molar-refractivity contribution in [2.75, 3.05) is 11.9 Å². The Morgan fingerprint density at radius 2 is 2.24 bits per heavy atom. The number of hydrogen-bond acceptors (Lipinski definition) is 6. The molecule has 6 nitrogen and oxygen atoms in total. The molecule has 3 rings (SSSR count). The summed E-state index contributed by atoms with van der Waals surface area (Å²) in [7, 11) is 0. The summed E-state index contributed by atoms with van der Waals surface area (Å²) in [6, 6.07) is 5.57. The van der Waals surface area contributed by atoms with Gasteiger partial charge in [-0.25, -0.2) is 4.79 Å². The number of thiophene rings is 1. The van der Waals surface area contributed by atoms with E-state index in [0.717, 1.165) is 36.1 Å². The Morgan fingerprint density at radius 1 is 1.40 bits per heavy atom. The second kappa shape index (κ2) is 7.81. The number of rotatable bonds is 5. The third kappa shape index (κ3) is 4.17. The van der Waals surface area contributed by atoms with E-state index in [-0.39, 0.29) is 0 Å². The second-order valence-electron chi connectivity index (χ2n) is 5.53. The zero-order valence-corrected chi connectivity index (χ0v) is 14.2. The smallest absolute Gasteiger partial charge is 0.331 e. The van der Waals surface area contributed by atoms with Crippen molar-refractivity contribution >= 4 is 34.3 Å². The maximum Gasteiger partial charge on any atom is 0.331 e. The molecule has 1 N–H and O–H groups in total. The van der Waals surface area contributed by atoms with Crippen LogP contribution in [0.5, 0.6) is 0 Å². The summed E-state index contributed by atoms with van der Waals surface area (Å²) in [5.41, 5.74) is 1.59. The quantitative estimate of drug-likeness (QED) is 0.655. The van der Waals surface area contributed by atoms with Crippen LogP contribution >= 0.6 is 11.3 Å². The lowest BCUT2D eigenvalue weighted by atomic mass is 9.96. The van der Waals surface area contributed by atoms with Crippen LogP contribution in [0.25, 0.3) is 6.08 Å². The van der Waals surface area contributed by atoms with E-state index in [4.69, 9.17) is 9.15 Å². The van der Waals surface area contributed by atoms with Crippen LogP contribution < -0.4 is 5.32 Å². The van der Waals surface area contributed by atoms with Gasteiger partial charge < -0.3 is 14.5 Å². The van der Waals surface area contributed by atoms with Crippen molar-refractivity contribution in [2.24, 2.45) is 0 Å². The minimum absolute atomic E-state index is 0.408. The number of nitriles is 1.